The molecule has 0 amide bonds. The third kappa shape index (κ3) is 6.81. The summed E-state index contributed by atoms with van der Waals surface area (Å²) in [6.07, 6.45) is -1.23. The van der Waals surface area contributed by atoms with Gasteiger partial charge < -0.3 is 23.7 Å². The second-order valence-electron chi connectivity index (χ2n) is 6.52. The Morgan fingerprint density at radius 2 is 1.63 bits per heavy atom. The number of alkyl halides is 1. The Hall–Kier alpha value is -2.46. The van der Waals surface area contributed by atoms with Crippen LogP contribution < -0.4 is 4.74 Å². The highest BCUT2D eigenvalue weighted by atomic mass is 79.9. The number of hydrogen-bond acceptors (Lipinski definition) is 9. The molecular formula is C20H24BrNO8. The lowest BCUT2D eigenvalue weighted by Gasteiger charge is -2.42. The summed E-state index contributed by atoms with van der Waals surface area (Å²) in [5, 5.41) is -0.691. The standard InChI is InChI=1S/C20H24BrNO8/c1-11(23)27-10-16-18(28-12(2)24)19(29-13(3)25)17(20(21)30-16)22-9-14-5-7-15(26-4)8-6-14/h5-9,16-20H,10H2,1-4H3/t16-,17-,18-,19-,20-/m1/s1. The second kappa shape index (κ2) is 11.1. The maximum Gasteiger partial charge on any atom is 0.303 e. The average molecular weight is 486 g/mol. The van der Waals surface area contributed by atoms with Crippen LogP contribution in [0.2, 0.25) is 0 Å². The number of methoxy groups -OCH3 is 1. The van der Waals surface area contributed by atoms with Crippen molar-refractivity contribution in [3.8, 4) is 5.75 Å². The Morgan fingerprint density at radius 3 is 2.17 bits per heavy atom. The SMILES string of the molecule is COc1ccc(C=N[C@@H]2[C@@H](OC(C)=O)[C@H](OC(C)=O)[C@@H](COC(C)=O)O[C@H]2Br)cc1. The lowest BCUT2D eigenvalue weighted by Crippen LogP contribution is -2.59. The van der Waals surface area contributed by atoms with Gasteiger partial charge in [-0.1, -0.05) is 15.9 Å². The molecular weight excluding hydrogens is 462 g/mol. The largest absolute Gasteiger partial charge is 0.497 e. The van der Waals surface area contributed by atoms with Crippen molar-refractivity contribution < 1.29 is 38.1 Å². The van der Waals surface area contributed by atoms with Crippen molar-refractivity contribution in [2.45, 2.75) is 50.1 Å². The molecule has 1 aromatic rings. The molecule has 0 spiro atoms. The van der Waals surface area contributed by atoms with Gasteiger partial charge in [0.25, 0.3) is 0 Å². The first-order chi connectivity index (χ1) is 14.2. The zero-order valence-corrected chi connectivity index (χ0v) is 18.7. The monoisotopic (exact) mass is 485 g/mol. The Kier molecular flexibility index (Phi) is 8.79. The van der Waals surface area contributed by atoms with Crippen LogP contribution in [0.3, 0.4) is 0 Å². The summed E-state index contributed by atoms with van der Waals surface area (Å²) in [6.45, 7) is 3.54. The molecule has 0 saturated carbocycles. The van der Waals surface area contributed by atoms with Gasteiger partial charge in [0.15, 0.2) is 12.2 Å². The predicted molar refractivity (Wildman–Crippen MR) is 110 cm³/mol. The van der Waals surface area contributed by atoms with E-state index in [4.69, 9.17) is 23.7 Å². The fourth-order valence-electron chi connectivity index (χ4n) is 2.89. The number of carbonyl (C=O) groups is 3. The first-order valence-electron chi connectivity index (χ1n) is 9.15. The molecule has 1 saturated heterocycles. The van der Waals surface area contributed by atoms with Gasteiger partial charge in [-0.05, 0) is 29.8 Å². The van der Waals surface area contributed by atoms with Gasteiger partial charge in [0.1, 0.15) is 29.5 Å². The van der Waals surface area contributed by atoms with E-state index in [2.05, 4.69) is 20.9 Å². The summed E-state index contributed by atoms with van der Waals surface area (Å²) < 4.78 is 26.8. The van der Waals surface area contributed by atoms with E-state index in [0.29, 0.717) is 5.75 Å². The third-order valence-electron chi connectivity index (χ3n) is 4.17. The van der Waals surface area contributed by atoms with Crippen molar-refractivity contribution in [1.82, 2.24) is 0 Å². The zero-order chi connectivity index (χ0) is 22.3. The van der Waals surface area contributed by atoms with Gasteiger partial charge in [-0.2, -0.15) is 0 Å². The van der Waals surface area contributed by atoms with Gasteiger partial charge in [0.05, 0.1) is 7.11 Å². The van der Waals surface area contributed by atoms with Gasteiger partial charge >= 0.3 is 17.9 Å². The van der Waals surface area contributed by atoms with Gasteiger partial charge in [0.2, 0.25) is 0 Å². The van der Waals surface area contributed by atoms with Gasteiger partial charge in [0, 0.05) is 27.0 Å². The number of benzene rings is 1. The number of esters is 3. The predicted octanol–water partition coefficient (Wildman–Crippen LogP) is 2.03. The van der Waals surface area contributed by atoms with Crippen molar-refractivity contribution in [1.29, 1.82) is 0 Å². The quantitative estimate of drug-likeness (QED) is 0.249. The number of nitrogens with zero attached hydrogens (tertiary/aromatic N) is 1. The zero-order valence-electron chi connectivity index (χ0n) is 17.1. The molecule has 0 aromatic heterocycles. The highest BCUT2D eigenvalue weighted by Gasteiger charge is 2.49. The minimum atomic E-state index is -1.02. The van der Waals surface area contributed by atoms with Crippen molar-refractivity contribution >= 4 is 40.1 Å². The maximum absolute atomic E-state index is 11.7. The lowest BCUT2D eigenvalue weighted by atomic mass is 9.98. The van der Waals surface area contributed by atoms with E-state index in [-0.39, 0.29) is 6.61 Å². The van der Waals surface area contributed by atoms with E-state index in [9.17, 15) is 14.4 Å². The van der Waals surface area contributed by atoms with Crippen LogP contribution in [-0.4, -0.2) is 67.2 Å². The molecule has 30 heavy (non-hydrogen) atoms. The van der Waals surface area contributed by atoms with Gasteiger partial charge in [-0.15, -0.1) is 0 Å². The molecule has 0 radical (unpaired) electrons. The third-order valence-corrected chi connectivity index (χ3v) is 4.92. The summed E-state index contributed by atoms with van der Waals surface area (Å²) in [6, 6.07) is 6.45. The molecule has 0 bridgehead atoms. The average Bonchev–Trinajstić information content (AvgIpc) is 2.68. The fraction of sp³-hybridized carbons (Fsp3) is 0.500. The van der Waals surface area contributed by atoms with Crippen LogP contribution in [0.15, 0.2) is 29.3 Å². The van der Waals surface area contributed by atoms with Gasteiger partial charge in [-0.25, -0.2) is 0 Å². The normalized spacial score (nSPS) is 26.1. The van der Waals surface area contributed by atoms with Crippen LogP contribution in [0, 0.1) is 0 Å². The van der Waals surface area contributed by atoms with Crippen LogP contribution in [0.1, 0.15) is 26.3 Å². The first-order valence-corrected chi connectivity index (χ1v) is 10.1. The van der Waals surface area contributed by atoms with Gasteiger partial charge in [-0.3, -0.25) is 19.4 Å². The van der Waals surface area contributed by atoms with Crippen molar-refractivity contribution in [3.05, 3.63) is 29.8 Å². The Bertz CT molecular complexity index is 782. The van der Waals surface area contributed by atoms with Crippen LogP contribution in [-0.2, 0) is 33.3 Å². The molecule has 2 rings (SSSR count). The van der Waals surface area contributed by atoms with Crippen LogP contribution in [0.4, 0.5) is 0 Å². The smallest absolute Gasteiger partial charge is 0.303 e. The maximum atomic E-state index is 11.7. The summed E-state index contributed by atoms with van der Waals surface area (Å²) in [5.41, 5.74) is 0.781. The Labute approximate surface area is 182 Å². The number of hydrogen-bond donors (Lipinski definition) is 0. The number of ether oxygens (including phenoxy) is 5. The minimum absolute atomic E-state index is 0.179. The summed E-state index contributed by atoms with van der Waals surface area (Å²) in [7, 11) is 1.57. The first kappa shape index (κ1) is 23.8. The minimum Gasteiger partial charge on any atom is -0.497 e. The summed E-state index contributed by atoms with van der Waals surface area (Å²) in [4.78, 5) is 39.1. The molecule has 0 N–H and O–H groups in total. The Balaban J connectivity index is 2.31. The highest BCUT2D eigenvalue weighted by molar-refractivity contribution is 9.09. The number of halogens is 1. The molecule has 0 aliphatic carbocycles. The van der Waals surface area contributed by atoms with E-state index in [1.807, 2.05) is 12.1 Å². The molecule has 10 heteroatoms. The fourth-order valence-corrected chi connectivity index (χ4v) is 3.61. The van der Waals surface area contributed by atoms with Crippen LogP contribution >= 0.6 is 15.9 Å². The number of aliphatic imine (C=N–C) groups is 1. The van der Waals surface area contributed by atoms with Crippen molar-refractivity contribution in [3.63, 3.8) is 0 Å². The van der Waals surface area contributed by atoms with E-state index in [0.717, 1.165) is 5.56 Å². The molecule has 164 valence electrons. The van der Waals surface area contributed by atoms with Crippen LogP contribution in [0.5, 0.6) is 5.75 Å². The summed E-state index contributed by atoms with van der Waals surface area (Å²) in [5.74, 6) is -0.989. The lowest BCUT2D eigenvalue weighted by molar-refractivity contribution is -0.207. The summed E-state index contributed by atoms with van der Waals surface area (Å²) >= 11 is 3.39. The molecule has 5 atom stereocenters. The topological polar surface area (TPSA) is 110 Å². The van der Waals surface area contributed by atoms with E-state index in [1.165, 1.54) is 20.8 Å². The molecule has 1 aromatic carbocycles. The molecule has 1 aliphatic heterocycles. The Morgan fingerprint density at radius 1 is 1.03 bits per heavy atom. The highest BCUT2D eigenvalue weighted by Crippen LogP contribution is 2.31. The van der Waals surface area contributed by atoms with E-state index < -0.39 is 47.3 Å². The molecule has 9 nitrogen and oxygen atoms in total. The van der Waals surface area contributed by atoms with Crippen molar-refractivity contribution in [2.24, 2.45) is 4.99 Å². The molecule has 1 aliphatic rings. The molecule has 0 unspecified atom stereocenters. The number of rotatable bonds is 7. The van der Waals surface area contributed by atoms with Crippen molar-refractivity contribution in [2.75, 3.05) is 13.7 Å². The van der Waals surface area contributed by atoms with E-state index in [1.54, 1.807) is 25.5 Å². The molecule has 1 fully saturated rings. The number of carbonyl (C=O) groups excluding carboxylic acids is 3. The van der Waals surface area contributed by atoms with Crippen LogP contribution in [0.25, 0.3) is 0 Å². The molecule has 1 heterocycles. The van der Waals surface area contributed by atoms with E-state index >= 15 is 0 Å². The second-order valence-corrected chi connectivity index (χ2v) is 7.42.